The van der Waals surface area contributed by atoms with E-state index in [4.69, 9.17) is 0 Å². The zero-order valence-corrected chi connectivity index (χ0v) is 7.70. The summed E-state index contributed by atoms with van der Waals surface area (Å²) in [6.45, 7) is 0. The second-order valence-electron chi connectivity index (χ2n) is 2.36. The van der Waals surface area contributed by atoms with Crippen molar-refractivity contribution in [3.05, 3.63) is 35.9 Å². The summed E-state index contributed by atoms with van der Waals surface area (Å²) in [5.41, 5.74) is 0.867. The maximum absolute atomic E-state index is 10.6. The third-order valence-corrected chi connectivity index (χ3v) is 1.39. The van der Waals surface area contributed by atoms with Crippen LogP contribution in [0.4, 0.5) is 0 Å². The summed E-state index contributed by atoms with van der Waals surface area (Å²) < 4.78 is 4.32. The largest absolute Gasteiger partial charge is 0.459 e. The van der Waals surface area contributed by atoms with Gasteiger partial charge >= 0.3 is 5.97 Å². The van der Waals surface area contributed by atoms with Gasteiger partial charge < -0.3 is 4.74 Å². The van der Waals surface area contributed by atoms with Gasteiger partial charge in [-0.1, -0.05) is 24.1 Å². The molecule has 0 aromatic heterocycles. The van der Waals surface area contributed by atoms with Gasteiger partial charge in [0.05, 0.1) is 7.11 Å². The van der Waals surface area contributed by atoms with Crippen molar-refractivity contribution in [2.24, 2.45) is 0 Å². The molecule has 0 radical (unpaired) electrons. The van der Waals surface area contributed by atoms with Gasteiger partial charge in [-0.25, -0.2) is 4.79 Å². The molecule has 0 bridgehead atoms. The van der Waals surface area contributed by atoms with Gasteiger partial charge in [0.25, 0.3) is 0 Å². The molecule has 0 heterocycles. The van der Waals surface area contributed by atoms with Crippen molar-refractivity contribution in [1.29, 1.82) is 0 Å². The Morgan fingerprint density at radius 2 is 1.93 bits per heavy atom. The van der Waals surface area contributed by atoms with Crippen LogP contribution in [-0.2, 0) is 9.53 Å². The average Bonchev–Trinajstić information content (AvgIpc) is 2.25. The molecule has 0 unspecified atom stereocenters. The van der Waals surface area contributed by atoms with Crippen LogP contribution in [0.15, 0.2) is 30.3 Å². The fraction of sp³-hybridized carbons (Fsp3) is 0.0833. The summed E-state index contributed by atoms with van der Waals surface area (Å²) in [5.74, 6) is 9.39. The molecule has 0 atom stereocenters. The molecular weight excluding hydrogens is 176 g/mol. The SMILES string of the molecule is COC(=O)C#CC#Cc1ccccc1. The van der Waals surface area contributed by atoms with Crippen molar-refractivity contribution in [3.8, 4) is 23.7 Å². The van der Waals surface area contributed by atoms with Crippen LogP contribution in [0.5, 0.6) is 0 Å². The van der Waals surface area contributed by atoms with Crippen molar-refractivity contribution >= 4 is 5.97 Å². The maximum Gasteiger partial charge on any atom is 0.385 e. The molecule has 0 saturated carbocycles. The van der Waals surface area contributed by atoms with E-state index in [2.05, 4.69) is 28.4 Å². The molecule has 1 rings (SSSR count). The van der Waals surface area contributed by atoms with Crippen LogP contribution in [0.3, 0.4) is 0 Å². The Labute approximate surface area is 82.9 Å². The van der Waals surface area contributed by atoms with Crippen molar-refractivity contribution < 1.29 is 9.53 Å². The third kappa shape index (κ3) is 3.47. The minimum absolute atomic E-state index is 0.577. The standard InChI is InChI=1S/C12H8O2/c1-14-12(13)10-6-5-9-11-7-3-2-4-8-11/h2-4,7-8H,1H3. The molecule has 0 aliphatic rings. The highest BCUT2D eigenvalue weighted by atomic mass is 16.5. The van der Waals surface area contributed by atoms with E-state index in [0.717, 1.165) is 5.56 Å². The van der Waals surface area contributed by atoms with Crippen LogP contribution < -0.4 is 0 Å². The van der Waals surface area contributed by atoms with Gasteiger partial charge in [0.2, 0.25) is 0 Å². The van der Waals surface area contributed by atoms with Crippen molar-refractivity contribution in [2.75, 3.05) is 7.11 Å². The second kappa shape index (κ2) is 5.45. The smallest absolute Gasteiger partial charge is 0.385 e. The summed E-state index contributed by atoms with van der Waals surface area (Å²) in [7, 11) is 1.28. The Morgan fingerprint density at radius 1 is 1.21 bits per heavy atom. The number of methoxy groups -OCH3 is 1. The van der Waals surface area contributed by atoms with E-state index in [0.29, 0.717) is 0 Å². The van der Waals surface area contributed by atoms with Crippen molar-refractivity contribution in [3.63, 3.8) is 0 Å². The highest BCUT2D eigenvalue weighted by molar-refractivity contribution is 5.88. The fourth-order valence-electron chi connectivity index (χ4n) is 0.758. The molecule has 1 aromatic rings. The molecule has 2 nitrogen and oxygen atoms in total. The molecule has 1 aromatic carbocycles. The maximum atomic E-state index is 10.6. The van der Waals surface area contributed by atoms with Gasteiger partial charge in [-0.3, -0.25) is 0 Å². The number of carbonyl (C=O) groups is 1. The summed E-state index contributed by atoms with van der Waals surface area (Å²) in [4.78, 5) is 10.6. The van der Waals surface area contributed by atoms with Gasteiger partial charge in [0, 0.05) is 11.5 Å². The van der Waals surface area contributed by atoms with E-state index in [1.807, 2.05) is 30.3 Å². The molecule has 0 N–H and O–H groups in total. The first-order chi connectivity index (χ1) is 6.83. The molecule has 0 saturated heterocycles. The van der Waals surface area contributed by atoms with E-state index in [1.165, 1.54) is 7.11 Å². The molecule has 0 aliphatic carbocycles. The lowest BCUT2D eigenvalue weighted by Crippen LogP contribution is -1.93. The Hall–Kier alpha value is -2.19. The third-order valence-electron chi connectivity index (χ3n) is 1.39. The number of esters is 1. The van der Waals surface area contributed by atoms with Crippen LogP contribution in [0.2, 0.25) is 0 Å². The van der Waals surface area contributed by atoms with Crippen LogP contribution in [0.25, 0.3) is 0 Å². The first kappa shape index (κ1) is 9.89. The lowest BCUT2D eigenvalue weighted by molar-refractivity contribution is -0.133. The van der Waals surface area contributed by atoms with E-state index in [-0.39, 0.29) is 0 Å². The number of benzene rings is 1. The van der Waals surface area contributed by atoms with Gasteiger partial charge in [0.1, 0.15) is 0 Å². The van der Waals surface area contributed by atoms with Crippen LogP contribution in [-0.4, -0.2) is 13.1 Å². The van der Waals surface area contributed by atoms with Crippen LogP contribution in [0, 0.1) is 23.7 Å². The Balaban J connectivity index is 2.65. The number of carbonyl (C=O) groups excluding carboxylic acids is 1. The molecule has 0 fully saturated rings. The monoisotopic (exact) mass is 184 g/mol. The molecular formula is C12H8O2. The Bertz CT molecular complexity index is 424. The summed E-state index contributed by atoms with van der Waals surface area (Å²) >= 11 is 0. The second-order valence-corrected chi connectivity index (χ2v) is 2.36. The van der Waals surface area contributed by atoms with Crippen molar-refractivity contribution in [2.45, 2.75) is 0 Å². The highest BCUT2D eigenvalue weighted by Crippen LogP contribution is 1.93. The minimum atomic E-state index is -0.577. The Morgan fingerprint density at radius 3 is 2.57 bits per heavy atom. The molecule has 2 heteroatoms. The lowest BCUT2D eigenvalue weighted by Gasteiger charge is -1.84. The van der Waals surface area contributed by atoms with E-state index in [1.54, 1.807) is 0 Å². The Kier molecular flexibility index (Phi) is 3.86. The zero-order chi connectivity index (χ0) is 10.2. The fourth-order valence-corrected chi connectivity index (χ4v) is 0.758. The number of rotatable bonds is 0. The number of hydrogen-bond acceptors (Lipinski definition) is 2. The number of hydrogen-bond donors (Lipinski definition) is 0. The zero-order valence-electron chi connectivity index (χ0n) is 7.70. The van der Waals surface area contributed by atoms with E-state index < -0.39 is 5.97 Å². The van der Waals surface area contributed by atoms with Crippen LogP contribution >= 0.6 is 0 Å². The van der Waals surface area contributed by atoms with E-state index in [9.17, 15) is 4.79 Å². The quantitative estimate of drug-likeness (QED) is 0.344. The normalized spacial score (nSPS) is 7.50. The topological polar surface area (TPSA) is 26.3 Å². The summed E-state index contributed by atoms with van der Waals surface area (Å²) in [6, 6.07) is 9.42. The molecule has 68 valence electrons. The highest BCUT2D eigenvalue weighted by Gasteiger charge is 1.86. The number of ether oxygens (including phenoxy) is 1. The van der Waals surface area contributed by atoms with Gasteiger partial charge in [-0.15, -0.1) is 0 Å². The summed E-state index contributed by atoms with van der Waals surface area (Å²) in [6.07, 6.45) is 0. The van der Waals surface area contributed by atoms with E-state index >= 15 is 0 Å². The van der Waals surface area contributed by atoms with Gasteiger partial charge in [0.15, 0.2) is 0 Å². The van der Waals surface area contributed by atoms with Gasteiger partial charge in [-0.2, -0.15) is 0 Å². The average molecular weight is 184 g/mol. The summed E-state index contributed by atoms with van der Waals surface area (Å²) in [5, 5.41) is 0. The predicted octanol–water partition coefficient (Wildman–Crippen LogP) is 1.21. The minimum Gasteiger partial charge on any atom is -0.459 e. The first-order valence-corrected chi connectivity index (χ1v) is 3.98. The molecule has 0 spiro atoms. The lowest BCUT2D eigenvalue weighted by atomic mass is 10.2. The molecule has 14 heavy (non-hydrogen) atoms. The van der Waals surface area contributed by atoms with Gasteiger partial charge in [-0.05, 0) is 24.0 Å². The van der Waals surface area contributed by atoms with Crippen LogP contribution in [0.1, 0.15) is 5.56 Å². The predicted molar refractivity (Wildman–Crippen MR) is 53.1 cm³/mol. The molecule has 0 aliphatic heterocycles. The molecule has 0 amide bonds. The first-order valence-electron chi connectivity index (χ1n) is 3.98. The van der Waals surface area contributed by atoms with Crippen molar-refractivity contribution in [1.82, 2.24) is 0 Å².